The second-order valence-electron chi connectivity index (χ2n) is 4.52. The second-order valence-corrected chi connectivity index (χ2v) is 4.52. The molecule has 17 heavy (non-hydrogen) atoms. The summed E-state index contributed by atoms with van der Waals surface area (Å²) in [6, 6.07) is 3.83. The monoisotopic (exact) mass is 238 g/mol. The molecule has 1 aromatic rings. The quantitative estimate of drug-likeness (QED) is 0.787. The molecule has 2 heterocycles. The van der Waals surface area contributed by atoms with E-state index in [1.165, 1.54) is 6.92 Å². The Labute approximate surface area is 100 Å². The van der Waals surface area contributed by atoms with E-state index in [-0.39, 0.29) is 24.5 Å². The van der Waals surface area contributed by atoms with Gasteiger partial charge in [0.15, 0.2) is 0 Å². The molecule has 2 rings (SSSR count). The van der Waals surface area contributed by atoms with E-state index in [1.807, 2.05) is 12.1 Å². The molecule has 0 spiro atoms. The Balaban J connectivity index is 1.92. The first-order chi connectivity index (χ1) is 8.19. The highest BCUT2D eigenvalue weighted by Crippen LogP contribution is 2.19. The number of nitrogens with one attached hydrogen (secondary N) is 1. The van der Waals surface area contributed by atoms with E-state index in [0.717, 1.165) is 25.4 Å². The number of aliphatic hydroxyl groups is 1. The predicted octanol–water partition coefficient (Wildman–Crippen LogP) is 0.208. The fraction of sp³-hybridized carbons (Fsp3) is 0.583. The first-order valence-electron chi connectivity index (χ1n) is 5.81. The first kappa shape index (κ1) is 12.1. The number of amides is 1. The Morgan fingerprint density at radius 3 is 3.06 bits per heavy atom. The van der Waals surface area contributed by atoms with Crippen molar-refractivity contribution in [3.05, 3.63) is 24.2 Å². The van der Waals surface area contributed by atoms with Gasteiger partial charge in [-0.15, -0.1) is 0 Å². The summed E-state index contributed by atoms with van der Waals surface area (Å²) in [4.78, 5) is 13.2. The number of carbonyl (C=O) groups excluding carboxylic acids is 1. The van der Waals surface area contributed by atoms with E-state index in [0.29, 0.717) is 0 Å². The Hall–Kier alpha value is -1.33. The molecule has 1 saturated heterocycles. The summed E-state index contributed by atoms with van der Waals surface area (Å²) in [5.74, 6) is 0.965. The van der Waals surface area contributed by atoms with E-state index in [1.54, 1.807) is 6.26 Å². The summed E-state index contributed by atoms with van der Waals surface area (Å²) in [5, 5.41) is 12.2. The van der Waals surface area contributed by atoms with Crippen LogP contribution in [-0.2, 0) is 11.3 Å². The van der Waals surface area contributed by atoms with Crippen LogP contribution in [0.25, 0.3) is 0 Å². The Morgan fingerprint density at radius 2 is 2.47 bits per heavy atom. The van der Waals surface area contributed by atoms with Crippen LogP contribution in [0, 0.1) is 5.92 Å². The third-order valence-corrected chi connectivity index (χ3v) is 3.10. The molecule has 0 unspecified atom stereocenters. The van der Waals surface area contributed by atoms with Crippen LogP contribution in [0.3, 0.4) is 0 Å². The van der Waals surface area contributed by atoms with Crippen molar-refractivity contribution in [2.24, 2.45) is 5.92 Å². The van der Waals surface area contributed by atoms with Crippen LogP contribution in [0.2, 0.25) is 0 Å². The van der Waals surface area contributed by atoms with Gasteiger partial charge in [-0.2, -0.15) is 0 Å². The van der Waals surface area contributed by atoms with Gasteiger partial charge in [-0.05, 0) is 12.1 Å². The maximum absolute atomic E-state index is 11.1. The van der Waals surface area contributed by atoms with Gasteiger partial charge in [0.25, 0.3) is 0 Å². The molecular formula is C12H18N2O3. The molecule has 1 aliphatic heterocycles. The summed E-state index contributed by atoms with van der Waals surface area (Å²) in [6.07, 6.45) is 1.65. The van der Waals surface area contributed by atoms with Crippen LogP contribution >= 0.6 is 0 Å². The highest BCUT2D eigenvalue weighted by molar-refractivity contribution is 5.73. The molecular weight excluding hydrogens is 220 g/mol. The largest absolute Gasteiger partial charge is 0.468 e. The SMILES string of the molecule is CC(=O)N[C@@H]1CN(Cc2ccco2)C[C@H]1CO. The molecule has 0 saturated carbocycles. The first-order valence-corrected chi connectivity index (χ1v) is 5.81. The molecule has 5 nitrogen and oxygen atoms in total. The van der Waals surface area contributed by atoms with E-state index in [9.17, 15) is 9.90 Å². The minimum Gasteiger partial charge on any atom is -0.468 e. The van der Waals surface area contributed by atoms with Crippen LogP contribution in [0.4, 0.5) is 0 Å². The number of nitrogens with zero attached hydrogens (tertiary/aromatic N) is 1. The lowest BCUT2D eigenvalue weighted by Crippen LogP contribution is -2.40. The van der Waals surface area contributed by atoms with Gasteiger partial charge in [-0.25, -0.2) is 0 Å². The van der Waals surface area contributed by atoms with Gasteiger partial charge in [0.1, 0.15) is 5.76 Å². The average molecular weight is 238 g/mol. The van der Waals surface area contributed by atoms with Crippen molar-refractivity contribution < 1.29 is 14.3 Å². The lowest BCUT2D eigenvalue weighted by atomic mass is 10.1. The highest BCUT2D eigenvalue weighted by Gasteiger charge is 2.32. The molecule has 0 aliphatic carbocycles. The van der Waals surface area contributed by atoms with Gasteiger partial charge in [-0.3, -0.25) is 9.69 Å². The van der Waals surface area contributed by atoms with Gasteiger partial charge < -0.3 is 14.8 Å². The highest BCUT2D eigenvalue weighted by atomic mass is 16.3. The molecule has 94 valence electrons. The summed E-state index contributed by atoms with van der Waals surface area (Å²) in [7, 11) is 0. The van der Waals surface area contributed by atoms with Crippen molar-refractivity contribution in [2.75, 3.05) is 19.7 Å². The number of furan rings is 1. The van der Waals surface area contributed by atoms with Gasteiger partial charge in [0, 0.05) is 38.6 Å². The third kappa shape index (κ3) is 3.08. The summed E-state index contributed by atoms with van der Waals surface area (Å²) >= 11 is 0. The number of carbonyl (C=O) groups is 1. The Bertz CT molecular complexity index is 364. The van der Waals surface area contributed by atoms with Crippen molar-refractivity contribution in [3.8, 4) is 0 Å². The van der Waals surface area contributed by atoms with Crippen LogP contribution < -0.4 is 5.32 Å². The molecule has 1 aromatic heterocycles. The molecule has 0 radical (unpaired) electrons. The number of likely N-dealkylation sites (tertiary alicyclic amines) is 1. The van der Waals surface area contributed by atoms with E-state index >= 15 is 0 Å². The van der Waals surface area contributed by atoms with Gasteiger partial charge >= 0.3 is 0 Å². The summed E-state index contributed by atoms with van der Waals surface area (Å²) < 4.78 is 5.29. The van der Waals surface area contributed by atoms with Gasteiger partial charge in [-0.1, -0.05) is 0 Å². The van der Waals surface area contributed by atoms with Crippen LogP contribution in [-0.4, -0.2) is 41.7 Å². The molecule has 2 N–H and O–H groups in total. The van der Waals surface area contributed by atoms with Gasteiger partial charge in [0.2, 0.25) is 5.91 Å². The van der Waals surface area contributed by atoms with Crippen molar-refractivity contribution in [3.63, 3.8) is 0 Å². The van der Waals surface area contributed by atoms with Crippen molar-refractivity contribution in [1.82, 2.24) is 10.2 Å². The molecule has 2 atom stereocenters. The van der Waals surface area contributed by atoms with E-state index < -0.39 is 0 Å². The fourth-order valence-corrected chi connectivity index (χ4v) is 2.32. The Kier molecular flexibility index (Phi) is 3.81. The van der Waals surface area contributed by atoms with Gasteiger partial charge in [0.05, 0.1) is 12.8 Å². The lowest BCUT2D eigenvalue weighted by Gasteiger charge is -2.16. The fourth-order valence-electron chi connectivity index (χ4n) is 2.32. The number of rotatable bonds is 4. The smallest absolute Gasteiger partial charge is 0.217 e. The zero-order valence-electron chi connectivity index (χ0n) is 9.93. The van der Waals surface area contributed by atoms with Crippen LogP contribution in [0.15, 0.2) is 22.8 Å². The van der Waals surface area contributed by atoms with Crippen LogP contribution in [0.5, 0.6) is 0 Å². The zero-order valence-corrected chi connectivity index (χ0v) is 9.93. The molecule has 5 heteroatoms. The molecule has 0 aromatic carbocycles. The lowest BCUT2D eigenvalue weighted by molar-refractivity contribution is -0.119. The van der Waals surface area contributed by atoms with Crippen LogP contribution in [0.1, 0.15) is 12.7 Å². The maximum atomic E-state index is 11.1. The van der Waals surface area contributed by atoms with E-state index in [4.69, 9.17) is 4.42 Å². The average Bonchev–Trinajstić information content (AvgIpc) is 2.88. The third-order valence-electron chi connectivity index (χ3n) is 3.10. The minimum atomic E-state index is -0.0479. The Morgan fingerprint density at radius 1 is 1.65 bits per heavy atom. The maximum Gasteiger partial charge on any atom is 0.217 e. The minimum absolute atomic E-state index is 0.0347. The molecule has 1 fully saturated rings. The standard InChI is InChI=1S/C12H18N2O3/c1-9(16)13-12-7-14(5-10(12)8-15)6-11-3-2-4-17-11/h2-4,10,12,15H,5-8H2,1H3,(H,13,16)/t10-,12+/m0/s1. The predicted molar refractivity (Wildman–Crippen MR) is 62.2 cm³/mol. The summed E-state index contributed by atoms with van der Waals surface area (Å²) in [6.45, 7) is 3.86. The summed E-state index contributed by atoms with van der Waals surface area (Å²) in [5.41, 5.74) is 0. The van der Waals surface area contributed by atoms with Crippen molar-refractivity contribution in [1.29, 1.82) is 0 Å². The molecule has 0 bridgehead atoms. The number of hydrogen-bond donors (Lipinski definition) is 2. The number of aliphatic hydroxyl groups excluding tert-OH is 1. The van der Waals surface area contributed by atoms with Crippen molar-refractivity contribution >= 4 is 5.91 Å². The molecule has 1 aliphatic rings. The molecule has 1 amide bonds. The normalized spacial score (nSPS) is 25.1. The van der Waals surface area contributed by atoms with Crippen molar-refractivity contribution in [2.45, 2.75) is 19.5 Å². The topological polar surface area (TPSA) is 65.7 Å². The second kappa shape index (κ2) is 5.33. The number of hydrogen-bond acceptors (Lipinski definition) is 4. The van der Waals surface area contributed by atoms with E-state index in [2.05, 4.69) is 10.2 Å². The zero-order chi connectivity index (χ0) is 12.3.